The maximum Gasteiger partial charge on any atom is 0.342 e. The summed E-state index contributed by atoms with van der Waals surface area (Å²) in [6.07, 6.45) is 8.27. The van der Waals surface area contributed by atoms with Crippen molar-refractivity contribution in [1.29, 1.82) is 0 Å². The molecule has 2 rings (SSSR count). The van der Waals surface area contributed by atoms with E-state index in [0.717, 1.165) is 37.7 Å². The van der Waals surface area contributed by atoms with Crippen molar-refractivity contribution in [2.75, 3.05) is 6.61 Å². The Hall–Kier alpha value is -2.23. The topological polar surface area (TPSA) is 66.8 Å². The average Bonchev–Trinajstić information content (AvgIpc) is 2.66. The Morgan fingerprint density at radius 1 is 1.24 bits per heavy atom. The fraction of sp³-hybridized carbons (Fsp3) is 0.560. The highest BCUT2D eigenvalue weighted by Crippen LogP contribution is 2.48. The lowest BCUT2D eigenvalue weighted by Crippen LogP contribution is -2.19. The molecule has 160 valence electrons. The van der Waals surface area contributed by atoms with Crippen molar-refractivity contribution in [2.45, 2.75) is 78.6 Å². The summed E-state index contributed by atoms with van der Waals surface area (Å²) in [6, 6.07) is 1.65. The molecule has 2 N–H and O–H groups in total. The summed E-state index contributed by atoms with van der Waals surface area (Å²) in [5.41, 5.74) is 3.51. The molecule has 0 heterocycles. The van der Waals surface area contributed by atoms with E-state index in [2.05, 4.69) is 26.5 Å². The van der Waals surface area contributed by atoms with E-state index in [9.17, 15) is 15.0 Å². The minimum absolute atomic E-state index is 0.0447. The van der Waals surface area contributed by atoms with E-state index in [0.29, 0.717) is 30.6 Å². The quantitative estimate of drug-likeness (QED) is 0.285. The molecule has 0 aromatic heterocycles. The van der Waals surface area contributed by atoms with Crippen molar-refractivity contribution in [2.24, 2.45) is 5.92 Å². The molecule has 0 unspecified atom stereocenters. The number of phenolic OH excluding ortho intramolecular Hbond substituents is 2. The first kappa shape index (κ1) is 23.1. The second-order valence-corrected chi connectivity index (χ2v) is 8.32. The first-order valence-corrected chi connectivity index (χ1v) is 10.9. The van der Waals surface area contributed by atoms with Crippen LogP contribution < -0.4 is 0 Å². The Labute approximate surface area is 175 Å². The third-order valence-corrected chi connectivity index (χ3v) is 5.80. The van der Waals surface area contributed by atoms with E-state index in [4.69, 9.17) is 4.74 Å². The number of hydrogen-bond donors (Lipinski definition) is 2. The fourth-order valence-corrected chi connectivity index (χ4v) is 4.22. The molecule has 29 heavy (non-hydrogen) atoms. The number of carbonyl (C=O) groups is 1. The molecule has 4 heteroatoms. The highest BCUT2D eigenvalue weighted by atomic mass is 16.5. The van der Waals surface area contributed by atoms with Gasteiger partial charge in [0, 0.05) is 11.5 Å². The molecule has 4 nitrogen and oxygen atoms in total. The molecule has 2 atom stereocenters. The van der Waals surface area contributed by atoms with Crippen molar-refractivity contribution in [3.8, 4) is 11.5 Å². The fourth-order valence-electron chi connectivity index (χ4n) is 4.22. The summed E-state index contributed by atoms with van der Waals surface area (Å²) in [7, 11) is 0. The molecular weight excluding hydrogens is 364 g/mol. The molecule has 0 radical (unpaired) electrons. The van der Waals surface area contributed by atoms with Crippen LogP contribution in [0.2, 0.25) is 0 Å². The van der Waals surface area contributed by atoms with Gasteiger partial charge >= 0.3 is 5.97 Å². The second kappa shape index (κ2) is 10.5. The molecule has 0 fully saturated rings. The smallest absolute Gasteiger partial charge is 0.342 e. The van der Waals surface area contributed by atoms with E-state index in [1.54, 1.807) is 6.07 Å². The molecule has 1 aromatic rings. The van der Waals surface area contributed by atoms with Gasteiger partial charge in [0.1, 0.15) is 17.1 Å². The summed E-state index contributed by atoms with van der Waals surface area (Å²) in [5.74, 6) is -0.701. The Morgan fingerprint density at radius 3 is 2.59 bits per heavy atom. The van der Waals surface area contributed by atoms with Crippen LogP contribution in [0.5, 0.6) is 11.5 Å². The molecule has 1 aliphatic rings. The molecule has 1 aromatic carbocycles. The van der Waals surface area contributed by atoms with Crippen molar-refractivity contribution in [1.82, 2.24) is 0 Å². The molecular formula is C25H36O4. The largest absolute Gasteiger partial charge is 0.507 e. The van der Waals surface area contributed by atoms with Crippen LogP contribution in [0.15, 0.2) is 29.9 Å². The molecule has 0 saturated heterocycles. The minimum atomic E-state index is -0.513. The first-order chi connectivity index (χ1) is 13.8. The molecule has 0 bridgehead atoms. The van der Waals surface area contributed by atoms with E-state index in [-0.39, 0.29) is 28.9 Å². The zero-order valence-electron chi connectivity index (χ0n) is 18.4. The Kier molecular flexibility index (Phi) is 8.36. The van der Waals surface area contributed by atoms with Gasteiger partial charge in [0.25, 0.3) is 0 Å². The predicted molar refractivity (Wildman–Crippen MR) is 118 cm³/mol. The van der Waals surface area contributed by atoms with Gasteiger partial charge in [0.05, 0.1) is 6.61 Å². The number of benzene rings is 1. The highest BCUT2D eigenvalue weighted by molar-refractivity contribution is 5.95. The predicted octanol–water partition coefficient (Wildman–Crippen LogP) is 6.41. The lowest BCUT2D eigenvalue weighted by atomic mass is 9.73. The summed E-state index contributed by atoms with van der Waals surface area (Å²) >= 11 is 0. The van der Waals surface area contributed by atoms with Gasteiger partial charge in [-0.1, -0.05) is 50.5 Å². The molecule has 0 saturated carbocycles. The summed E-state index contributed by atoms with van der Waals surface area (Å²) in [5, 5.41) is 22.1. The number of ether oxygens (including phenoxy) is 1. The van der Waals surface area contributed by atoms with Crippen LogP contribution in [0.1, 0.15) is 93.6 Å². The summed E-state index contributed by atoms with van der Waals surface area (Å²) in [6.45, 7) is 12.5. The number of unbranched alkanes of at least 4 members (excludes halogenated alkanes) is 2. The van der Waals surface area contributed by atoms with Crippen LogP contribution in [0, 0.1) is 5.92 Å². The van der Waals surface area contributed by atoms with Crippen molar-refractivity contribution in [3.63, 3.8) is 0 Å². The zero-order chi connectivity index (χ0) is 21.6. The van der Waals surface area contributed by atoms with Crippen LogP contribution in [0.3, 0.4) is 0 Å². The molecule has 1 aliphatic carbocycles. The number of allylic oxidation sites excluding steroid dienone is 3. The zero-order valence-corrected chi connectivity index (χ0v) is 18.4. The Bertz CT molecular complexity index is 776. The van der Waals surface area contributed by atoms with Crippen LogP contribution >= 0.6 is 0 Å². The van der Waals surface area contributed by atoms with Gasteiger partial charge in [-0.25, -0.2) is 4.79 Å². The van der Waals surface area contributed by atoms with Gasteiger partial charge in [-0.05, 0) is 63.5 Å². The van der Waals surface area contributed by atoms with Gasteiger partial charge in [-0.3, -0.25) is 0 Å². The van der Waals surface area contributed by atoms with Gasteiger partial charge in [0.2, 0.25) is 0 Å². The normalized spacial score (nSPS) is 19.0. The van der Waals surface area contributed by atoms with E-state index < -0.39 is 5.97 Å². The third-order valence-electron chi connectivity index (χ3n) is 5.80. The number of rotatable bonds is 9. The van der Waals surface area contributed by atoms with Gasteiger partial charge in [-0.15, -0.1) is 0 Å². The SMILES string of the molecule is C=C(C)[C@@H]1CCC(C)=C[C@H]1c1c(O)cc(CCCCC)c(C(=O)OCCC)c1O. The molecule has 0 amide bonds. The average molecular weight is 401 g/mol. The number of aryl methyl sites for hydroxylation is 1. The second-order valence-electron chi connectivity index (χ2n) is 8.32. The summed E-state index contributed by atoms with van der Waals surface area (Å²) in [4.78, 5) is 12.8. The number of esters is 1. The standard InChI is InChI=1S/C25H36O4/c1-6-8-9-10-18-15-21(26)23(24(27)22(18)25(28)29-13-7-2)20-14-17(5)11-12-19(20)16(3)4/h14-15,19-20,26-27H,3,6-13H2,1-2,4-5H3/t19-,20+/m0/s1. The van der Waals surface area contributed by atoms with Crippen LogP contribution in [0.25, 0.3) is 0 Å². The van der Waals surface area contributed by atoms with Crippen LogP contribution in [-0.4, -0.2) is 22.8 Å². The van der Waals surface area contributed by atoms with Crippen molar-refractivity contribution in [3.05, 3.63) is 46.6 Å². The van der Waals surface area contributed by atoms with Crippen LogP contribution in [0.4, 0.5) is 0 Å². The third kappa shape index (κ3) is 5.43. The van der Waals surface area contributed by atoms with Crippen molar-refractivity contribution >= 4 is 5.97 Å². The maximum absolute atomic E-state index is 12.8. The van der Waals surface area contributed by atoms with Gasteiger partial charge in [-0.2, -0.15) is 0 Å². The molecule has 0 aliphatic heterocycles. The summed E-state index contributed by atoms with van der Waals surface area (Å²) < 4.78 is 5.37. The highest BCUT2D eigenvalue weighted by Gasteiger charge is 2.33. The maximum atomic E-state index is 12.8. The van der Waals surface area contributed by atoms with Crippen LogP contribution in [-0.2, 0) is 11.2 Å². The lowest BCUT2D eigenvalue weighted by Gasteiger charge is -2.32. The van der Waals surface area contributed by atoms with Crippen molar-refractivity contribution < 1.29 is 19.7 Å². The number of phenols is 2. The van der Waals surface area contributed by atoms with E-state index in [1.807, 2.05) is 13.8 Å². The van der Waals surface area contributed by atoms with Gasteiger partial charge < -0.3 is 14.9 Å². The van der Waals surface area contributed by atoms with E-state index in [1.165, 1.54) is 5.57 Å². The lowest BCUT2D eigenvalue weighted by molar-refractivity contribution is 0.0500. The first-order valence-electron chi connectivity index (χ1n) is 10.9. The minimum Gasteiger partial charge on any atom is -0.507 e. The Morgan fingerprint density at radius 2 is 1.97 bits per heavy atom. The Balaban J connectivity index is 2.59. The number of carbonyl (C=O) groups excluding carboxylic acids is 1. The monoisotopic (exact) mass is 400 g/mol. The number of aromatic hydroxyl groups is 2. The molecule has 0 spiro atoms. The van der Waals surface area contributed by atoms with E-state index >= 15 is 0 Å². The van der Waals surface area contributed by atoms with Gasteiger partial charge in [0.15, 0.2) is 0 Å². The number of hydrogen-bond acceptors (Lipinski definition) is 4.